The van der Waals surface area contributed by atoms with Crippen molar-refractivity contribution in [1.29, 1.82) is 0 Å². The molecule has 0 radical (unpaired) electrons. The molecule has 0 fully saturated rings. The van der Waals surface area contributed by atoms with E-state index < -0.39 is 0 Å². The molecule has 2 aromatic carbocycles. The summed E-state index contributed by atoms with van der Waals surface area (Å²) in [6.45, 7) is 6.01. The Morgan fingerprint density at radius 3 is 2.62 bits per heavy atom. The van der Waals surface area contributed by atoms with Gasteiger partial charge in [-0.1, -0.05) is 24.3 Å². The number of nitrogens with one attached hydrogen (secondary N) is 2. The van der Waals surface area contributed by atoms with Crippen molar-refractivity contribution < 1.29 is 4.79 Å². The van der Waals surface area contributed by atoms with Gasteiger partial charge >= 0.3 is 0 Å². The lowest BCUT2D eigenvalue weighted by Gasteiger charge is -2.09. The number of carbonyl (C=O) groups excluding carboxylic acids is 1. The summed E-state index contributed by atoms with van der Waals surface area (Å²) in [6, 6.07) is 13.2. The van der Waals surface area contributed by atoms with E-state index in [4.69, 9.17) is 0 Å². The average Bonchev–Trinajstić information content (AvgIpc) is 2.60. The van der Waals surface area contributed by atoms with Crippen LogP contribution in [0, 0.1) is 20.8 Å². The fraction of sp³-hybridized carbons (Fsp3) is 0.238. The molecule has 0 spiro atoms. The van der Waals surface area contributed by atoms with Gasteiger partial charge in [-0.3, -0.25) is 9.59 Å². The molecule has 2 N–H and O–H groups in total. The number of anilines is 1. The summed E-state index contributed by atoms with van der Waals surface area (Å²) >= 11 is 1.48. The highest BCUT2D eigenvalue weighted by Gasteiger charge is 2.08. The molecule has 26 heavy (non-hydrogen) atoms. The first-order valence-corrected chi connectivity index (χ1v) is 9.66. The molecule has 0 atom stereocenters. The Bertz CT molecular complexity index is 1020. The van der Waals surface area contributed by atoms with Crippen LogP contribution in [0.3, 0.4) is 0 Å². The Morgan fingerprint density at radius 1 is 1.08 bits per heavy atom. The van der Waals surface area contributed by atoms with Gasteiger partial charge in [-0.05, 0) is 49.6 Å². The molecule has 1 amide bonds. The summed E-state index contributed by atoms with van der Waals surface area (Å²) in [5.74, 6) is 0.875. The topological polar surface area (TPSA) is 62.0 Å². The highest BCUT2D eigenvalue weighted by Crippen LogP contribution is 2.19. The van der Waals surface area contributed by atoms with Crippen LogP contribution in [0.5, 0.6) is 0 Å². The van der Waals surface area contributed by atoms with Gasteiger partial charge in [0.1, 0.15) is 0 Å². The number of para-hydroxylation sites is 1. The predicted molar refractivity (Wildman–Crippen MR) is 110 cm³/mol. The van der Waals surface area contributed by atoms with Crippen LogP contribution < -0.4 is 10.7 Å². The number of carbonyl (C=O) groups is 1. The number of benzene rings is 2. The lowest BCUT2D eigenvalue weighted by atomic mass is 10.0. The van der Waals surface area contributed by atoms with Crippen LogP contribution in [0.2, 0.25) is 0 Å². The van der Waals surface area contributed by atoms with Gasteiger partial charge in [0, 0.05) is 28.6 Å². The molecule has 134 valence electrons. The number of aromatic amines is 1. The minimum Gasteiger partial charge on any atom is -0.357 e. The van der Waals surface area contributed by atoms with Crippen molar-refractivity contribution in [3.63, 3.8) is 0 Å². The molecule has 3 aromatic rings. The van der Waals surface area contributed by atoms with Crippen LogP contribution in [0.4, 0.5) is 5.69 Å². The maximum atomic E-state index is 12.3. The molecule has 4 nitrogen and oxygen atoms in total. The summed E-state index contributed by atoms with van der Waals surface area (Å²) in [4.78, 5) is 27.8. The Labute approximate surface area is 157 Å². The van der Waals surface area contributed by atoms with Gasteiger partial charge in [0.2, 0.25) is 5.91 Å². The molecular formula is C21H22N2O2S. The highest BCUT2D eigenvalue weighted by atomic mass is 32.2. The van der Waals surface area contributed by atoms with Crippen LogP contribution >= 0.6 is 11.8 Å². The van der Waals surface area contributed by atoms with Gasteiger partial charge in [0.05, 0.1) is 11.3 Å². The van der Waals surface area contributed by atoms with Crippen LogP contribution in [-0.2, 0) is 10.5 Å². The fourth-order valence-corrected chi connectivity index (χ4v) is 3.58. The van der Waals surface area contributed by atoms with Crippen molar-refractivity contribution in [2.45, 2.75) is 26.5 Å². The molecule has 5 heteroatoms. The zero-order valence-corrected chi connectivity index (χ0v) is 16.0. The van der Waals surface area contributed by atoms with E-state index in [1.807, 2.05) is 57.2 Å². The SMILES string of the molecule is Cc1ccccc1NC(=O)CSCc1cc(=O)c2ccc(C)c(C)c2[nH]1. The molecule has 0 aliphatic rings. The third-order valence-electron chi connectivity index (χ3n) is 4.50. The Hall–Kier alpha value is -2.53. The van der Waals surface area contributed by atoms with Crippen molar-refractivity contribution >= 4 is 34.3 Å². The van der Waals surface area contributed by atoms with Gasteiger partial charge in [0.25, 0.3) is 0 Å². The summed E-state index contributed by atoms with van der Waals surface area (Å²) in [5.41, 5.74) is 5.85. The molecule has 0 saturated heterocycles. The van der Waals surface area contributed by atoms with Crippen molar-refractivity contribution in [3.8, 4) is 0 Å². The van der Waals surface area contributed by atoms with Gasteiger partial charge in [0.15, 0.2) is 5.43 Å². The predicted octanol–water partition coefficient (Wildman–Crippen LogP) is 4.33. The zero-order valence-electron chi connectivity index (χ0n) is 15.2. The second kappa shape index (κ2) is 7.79. The minimum absolute atomic E-state index is 0.0156. The largest absolute Gasteiger partial charge is 0.357 e. The van der Waals surface area contributed by atoms with Crippen molar-refractivity contribution in [3.05, 3.63) is 75.1 Å². The molecule has 0 bridgehead atoms. The normalized spacial score (nSPS) is 10.9. The summed E-state index contributed by atoms with van der Waals surface area (Å²) in [6.07, 6.45) is 0. The second-order valence-electron chi connectivity index (χ2n) is 6.44. The fourth-order valence-electron chi connectivity index (χ4n) is 2.85. The molecule has 0 unspecified atom stereocenters. The zero-order chi connectivity index (χ0) is 18.7. The van der Waals surface area contributed by atoms with Crippen molar-refractivity contribution in [2.24, 2.45) is 0 Å². The first-order valence-electron chi connectivity index (χ1n) is 8.51. The van der Waals surface area contributed by atoms with Gasteiger partial charge in [-0.25, -0.2) is 0 Å². The van der Waals surface area contributed by atoms with Crippen molar-refractivity contribution in [2.75, 3.05) is 11.1 Å². The number of hydrogen-bond donors (Lipinski definition) is 2. The number of rotatable bonds is 5. The van der Waals surface area contributed by atoms with E-state index in [1.165, 1.54) is 11.8 Å². The van der Waals surface area contributed by atoms with Gasteiger partial charge in [-0.2, -0.15) is 0 Å². The van der Waals surface area contributed by atoms with E-state index in [0.717, 1.165) is 33.6 Å². The molecule has 0 aliphatic carbocycles. The molecule has 0 aliphatic heterocycles. The van der Waals surface area contributed by atoms with E-state index in [9.17, 15) is 9.59 Å². The number of pyridine rings is 1. The number of thioether (sulfide) groups is 1. The maximum Gasteiger partial charge on any atom is 0.234 e. The molecule has 3 rings (SSSR count). The van der Waals surface area contributed by atoms with Gasteiger partial charge < -0.3 is 10.3 Å². The molecule has 0 saturated carbocycles. The van der Waals surface area contributed by atoms with Crippen LogP contribution in [0.1, 0.15) is 22.4 Å². The number of amides is 1. The van der Waals surface area contributed by atoms with Crippen molar-refractivity contribution in [1.82, 2.24) is 4.98 Å². The maximum absolute atomic E-state index is 12.3. The highest BCUT2D eigenvalue weighted by molar-refractivity contribution is 7.99. The smallest absolute Gasteiger partial charge is 0.234 e. The third kappa shape index (κ3) is 3.99. The summed E-state index contributed by atoms with van der Waals surface area (Å²) in [5, 5.41) is 3.63. The number of H-pyrrole nitrogens is 1. The number of fused-ring (bicyclic) bond motifs is 1. The number of aromatic nitrogens is 1. The van der Waals surface area contributed by atoms with E-state index in [0.29, 0.717) is 16.9 Å². The van der Waals surface area contributed by atoms with Gasteiger partial charge in [-0.15, -0.1) is 11.8 Å². The lowest BCUT2D eigenvalue weighted by molar-refractivity contribution is -0.113. The van der Waals surface area contributed by atoms with E-state index in [1.54, 1.807) is 6.07 Å². The Balaban J connectivity index is 1.66. The van der Waals surface area contributed by atoms with E-state index in [-0.39, 0.29) is 11.3 Å². The van der Waals surface area contributed by atoms with Crippen LogP contribution in [-0.4, -0.2) is 16.6 Å². The number of aryl methyl sites for hydroxylation is 3. The minimum atomic E-state index is -0.0422. The Morgan fingerprint density at radius 2 is 1.85 bits per heavy atom. The first-order chi connectivity index (χ1) is 12.5. The molecule has 1 aromatic heterocycles. The number of hydrogen-bond acceptors (Lipinski definition) is 3. The quantitative estimate of drug-likeness (QED) is 0.707. The Kier molecular flexibility index (Phi) is 5.47. The van der Waals surface area contributed by atoms with E-state index in [2.05, 4.69) is 10.3 Å². The standard InChI is InChI=1S/C21H22N2O2S/c1-13-8-9-17-19(24)10-16(22-21(17)15(13)3)11-26-12-20(25)23-18-7-5-4-6-14(18)2/h4-10H,11-12H2,1-3H3,(H,22,24)(H,23,25). The first kappa shape index (κ1) is 18.3. The van der Waals surface area contributed by atoms with Crippen LogP contribution in [0.25, 0.3) is 10.9 Å². The lowest BCUT2D eigenvalue weighted by Crippen LogP contribution is -2.15. The average molecular weight is 366 g/mol. The summed E-state index contributed by atoms with van der Waals surface area (Å²) in [7, 11) is 0. The molecular weight excluding hydrogens is 344 g/mol. The second-order valence-corrected chi connectivity index (χ2v) is 7.43. The molecule has 1 heterocycles. The van der Waals surface area contributed by atoms with Crippen LogP contribution in [0.15, 0.2) is 47.3 Å². The third-order valence-corrected chi connectivity index (χ3v) is 5.48. The van der Waals surface area contributed by atoms with E-state index >= 15 is 0 Å². The monoisotopic (exact) mass is 366 g/mol. The summed E-state index contributed by atoms with van der Waals surface area (Å²) < 4.78 is 0.